The van der Waals surface area contributed by atoms with Crippen LogP contribution in [-0.4, -0.2) is 20.6 Å². The molecule has 4 nitrogen and oxygen atoms in total. The fraction of sp³-hybridized carbons (Fsp3) is 0.667. The Bertz CT molecular complexity index is 337. The molecule has 0 aromatic rings. The summed E-state index contributed by atoms with van der Waals surface area (Å²) >= 11 is 6.38. The van der Waals surface area contributed by atoms with E-state index in [1.165, 1.54) is 0 Å². The molecule has 104 valence electrons. The lowest BCUT2D eigenvalue weighted by molar-refractivity contribution is -0.145. The van der Waals surface area contributed by atoms with Gasteiger partial charge in [-0.25, -0.2) is 0 Å². The van der Waals surface area contributed by atoms with Crippen LogP contribution in [0.5, 0.6) is 0 Å². The number of esters is 2. The first-order valence-electron chi connectivity index (χ1n) is 5.35. The van der Waals surface area contributed by atoms with Crippen LogP contribution in [0.4, 0.5) is 0 Å². The van der Waals surface area contributed by atoms with E-state index >= 15 is 0 Å². The molecule has 0 rings (SSSR count). The van der Waals surface area contributed by atoms with E-state index in [1.807, 2.05) is 0 Å². The lowest BCUT2D eigenvalue weighted by atomic mass is 10.2. The molecule has 0 bridgehead atoms. The van der Waals surface area contributed by atoms with Gasteiger partial charge in [0.1, 0.15) is 20.2 Å². The van der Waals surface area contributed by atoms with Crippen LogP contribution >= 0.6 is 31.9 Å². The Balaban J connectivity index is 4.75. The molecule has 0 spiro atoms. The molecule has 0 atom stereocenters. The predicted molar refractivity (Wildman–Crippen MR) is 76.6 cm³/mol. The van der Waals surface area contributed by atoms with Gasteiger partial charge in [-0.1, -0.05) is 31.9 Å². The maximum atomic E-state index is 11.6. The first-order valence-corrected chi connectivity index (χ1v) is 6.94. The molecule has 0 aromatic heterocycles. The third-order valence-electron chi connectivity index (χ3n) is 1.96. The van der Waals surface area contributed by atoms with Gasteiger partial charge >= 0.3 is 11.9 Å². The molecule has 0 aliphatic carbocycles. The average Bonchev–Trinajstić information content (AvgIpc) is 2.14. The molecule has 0 fully saturated rings. The summed E-state index contributed by atoms with van der Waals surface area (Å²) < 4.78 is 8.61. The van der Waals surface area contributed by atoms with Crippen LogP contribution in [0.2, 0.25) is 0 Å². The molecule has 0 heterocycles. The van der Waals surface area contributed by atoms with Gasteiger partial charge < -0.3 is 9.47 Å². The van der Waals surface area contributed by atoms with Crippen molar-refractivity contribution < 1.29 is 19.1 Å². The van der Waals surface area contributed by atoms with Crippen LogP contribution in [-0.2, 0) is 19.1 Å². The summed E-state index contributed by atoms with van der Waals surface area (Å²) in [5.74, 6) is -0.378. The zero-order valence-electron chi connectivity index (χ0n) is 11.4. The fourth-order valence-corrected chi connectivity index (χ4v) is 0.826. The molecule has 0 aliphatic rings. The largest absolute Gasteiger partial charge is 0.427 e. The second kappa shape index (κ2) is 6.19. The molecule has 0 radical (unpaired) electrons. The molecule has 18 heavy (non-hydrogen) atoms. The van der Waals surface area contributed by atoms with Gasteiger partial charge in [-0.15, -0.1) is 0 Å². The van der Waals surface area contributed by atoms with Gasteiger partial charge in [0.25, 0.3) is 0 Å². The fourth-order valence-electron chi connectivity index (χ4n) is 0.665. The van der Waals surface area contributed by atoms with Crippen LogP contribution in [0.15, 0.2) is 11.5 Å². The van der Waals surface area contributed by atoms with Gasteiger partial charge in [0.05, 0.1) is 0 Å². The number of alkyl halides is 2. The number of hydrogen-bond acceptors (Lipinski definition) is 4. The molecule has 0 aliphatic heterocycles. The van der Waals surface area contributed by atoms with Crippen molar-refractivity contribution >= 4 is 43.8 Å². The van der Waals surface area contributed by atoms with Gasteiger partial charge in [0.2, 0.25) is 0 Å². The lowest BCUT2D eigenvalue weighted by Gasteiger charge is -2.18. The van der Waals surface area contributed by atoms with Crippen molar-refractivity contribution in [2.75, 3.05) is 0 Å². The minimum atomic E-state index is -0.784. The smallest absolute Gasteiger partial charge is 0.327 e. The Morgan fingerprint density at radius 3 is 1.17 bits per heavy atom. The van der Waals surface area contributed by atoms with Crippen molar-refractivity contribution in [1.82, 2.24) is 0 Å². The predicted octanol–water partition coefficient (Wildman–Crippen LogP) is 3.67. The molecule has 0 N–H and O–H groups in total. The van der Waals surface area contributed by atoms with Crippen molar-refractivity contribution in [3.8, 4) is 0 Å². The van der Waals surface area contributed by atoms with E-state index in [1.54, 1.807) is 41.5 Å². The standard InChI is InChI=1S/C12H18Br2O4/c1-7(17-9(15)11(3,4)13)8(2)18-10(16)12(5,6)14/h1-6H3. The quantitative estimate of drug-likeness (QED) is 0.421. The summed E-state index contributed by atoms with van der Waals surface area (Å²) in [6.45, 7) is 9.83. The van der Waals surface area contributed by atoms with E-state index in [0.717, 1.165) is 0 Å². The number of carbonyl (C=O) groups excluding carboxylic acids is 2. The zero-order chi connectivity index (χ0) is 14.7. The normalized spacial score (nSPS) is 13.8. The third kappa shape index (κ3) is 6.00. The minimum Gasteiger partial charge on any atom is -0.427 e. The van der Waals surface area contributed by atoms with Gasteiger partial charge in [-0.05, 0) is 41.5 Å². The van der Waals surface area contributed by atoms with Crippen molar-refractivity contribution in [2.24, 2.45) is 0 Å². The molecule has 6 heteroatoms. The highest BCUT2D eigenvalue weighted by molar-refractivity contribution is 9.10. The summed E-state index contributed by atoms with van der Waals surface area (Å²) in [6, 6.07) is 0. The SMILES string of the molecule is CC(OC(=O)C(C)(C)Br)=C(C)OC(=O)C(C)(C)Br. The number of allylic oxidation sites excluding steroid dienone is 2. The van der Waals surface area contributed by atoms with Gasteiger partial charge in [-0.3, -0.25) is 9.59 Å². The van der Waals surface area contributed by atoms with Crippen LogP contribution in [0.25, 0.3) is 0 Å². The highest BCUT2D eigenvalue weighted by atomic mass is 79.9. The molecule has 0 aromatic carbocycles. The number of rotatable bonds is 4. The van der Waals surface area contributed by atoms with Crippen molar-refractivity contribution in [3.05, 3.63) is 11.5 Å². The second-order valence-electron chi connectivity index (χ2n) is 4.84. The molecular formula is C12H18Br2O4. The van der Waals surface area contributed by atoms with E-state index in [-0.39, 0.29) is 11.5 Å². The third-order valence-corrected chi connectivity index (χ3v) is 2.61. The van der Waals surface area contributed by atoms with Crippen molar-refractivity contribution in [1.29, 1.82) is 0 Å². The van der Waals surface area contributed by atoms with E-state index in [9.17, 15) is 9.59 Å². The van der Waals surface area contributed by atoms with E-state index < -0.39 is 20.6 Å². The minimum absolute atomic E-state index is 0.262. The van der Waals surface area contributed by atoms with Crippen molar-refractivity contribution in [3.63, 3.8) is 0 Å². The number of ether oxygens (including phenoxy) is 2. The van der Waals surface area contributed by atoms with E-state index in [4.69, 9.17) is 9.47 Å². The maximum Gasteiger partial charge on any atom is 0.327 e. The topological polar surface area (TPSA) is 52.6 Å². The Morgan fingerprint density at radius 1 is 0.778 bits per heavy atom. The van der Waals surface area contributed by atoms with Crippen LogP contribution in [0, 0.1) is 0 Å². The molecule has 0 saturated carbocycles. The maximum absolute atomic E-state index is 11.6. The van der Waals surface area contributed by atoms with Crippen LogP contribution in [0.3, 0.4) is 0 Å². The van der Waals surface area contributed by atoms with E-state index in [0.29, 0.717) is 0 Å². The zero-order valence-corrected chi connectivity index (χ0v) is 14.6. The molecule has 0 saturated heterocycles. The highest BCUT2D eigenvalue weighted by Crippen LogP contribution is 2.22. The van der Waals surface area contributed by atoms with Gasteiger partial charge in [0.15, 0.2) is 0 Å². The first kappa shape index (κ1) is 17.6. The average molecular weight is 386 g/mol. The van der Waals surface area contributed by atoms with Crippen LogP contribution in [0.1, 0.15) is 41.5 Å². The summed E-state index contributed by atoms with van der Waals surface area (Å²) in [7, 11) is 0. The monoisotopic (exact) mass is 384 g/mol. The van der Waals surface area contributed by atoms with E-state index in [2.05, 4.69) is 31.9 Å². The number of hydrogen-bond donors (Lipinski definition) is 0. The Labute approximate surface area is 124 Å². The van der Waals surface area contributed by atoms with Gasteiger partial charge in [0, 0.05) is 0 Å². The first-order chi connectivity index (χ1) is 7.85. The van der Waals surface area contributed by atoms with Crippen LogP contribution < -0.4 is 0 Å². The Morgan fingerprint density at radius 2 is 1.00 bits per heavy atom. The van der Waals surface area contributed by atoms with Crippen molar-refractivity contribution in [2.45, 2.75) is 50.2 Å². The molecule has 0 unspecified atom stereocenters. The number of carbonyl (C=O) groups is 2. The molecular weight excluding hydrogens is 368 g/mol. The lowest BCUT2D eigenvalue weighted by Crippen LogP contribution is -2.28. The Kier molecular flexibility index (Phi) is 6.07. The summed E-state index contributed by atoms with van der Waals surface area (Å²) in [6.07, 6.45) is 0. The van der Waals surface area contributed by atoms with Gasteiger partial charge in [-0.2, -0.15) is 0 Å². The summed E-state index contributed by atoms with van der Waals surface area (Å²) in [5.41, 5.74) is 0. The number of halogens is 2. The highest BCUT2D eigenvalue weighted by Gasteiger charge is 2.29. The molecule has 0 amide bonds. The Hall–Kier alpha value is -0.360. The second-order valence-corrected chi connectivity index (χ2v) is 8.80. The summed E-state index contributed by atoms with van der Waals surface area (Å²) in [5, 5.41) is 0. The summed E-state index contributed by atoms with van der Waals surface area (Å²) in [4.78, 5) is 23.2.